The normalized spacial score (nSPS) is 15.9. The molecule has 1 aromatic carbocycles. The first-order valence-electron chi connectivity index (χ1n) is 8.80. The van der Waals surface area contributed by atoms with E-state index in [9.17, 15) is 13.2 Å². The van der Waals surface area contributed by atoms with Gasteiger partial charge in [0.15, 0.2) is 0 Å². The summed E-state index contributed by atoms with van der Waals surface area (Å²) in [6.45, 7) is 5.41. The number of amides is 1. The Hall–Kier alpha value is -1.96. The van der Waals surface area contributed by atoms with E-state index in [0.29, 0.717) is 24.6 Å². The Morgan fingerprint density at radius 2 is 1.67 bits per heavy atom. The molecule has 27 heavy (non-hydrogen) atoms. The van der Waals surface area contributed by atoms with Gasteiger partial charge in [0.25, 0.3) is 5.91 Å². The van der Waals surface area contributed by atoms with Gasteiger partial charge >= 0.3 is 0 Å². The van der Waals surface area contributed by atoms with Crippen molar-refractivity contribution in [1.29, 1.82) is 0 Å². The Morgan fingerprint density at radius 1 is 1.04 bits per heavy atom. The molecule has 0 aliphatic carbocycles. The molecule has 0 atom stereocenters. The second kappa shape index (κ2) is 7.96. The van der Waals surface area contributed by atoms with Gasteiger partial charge in [-0.15, -0.1) is 0 Å². The van der Waals surface area contributed by atoms with Gasteiger partial charge < -0.3 is 4.90 Å². The van der Waals surface area contributed by atoms with Gasteiger partial charge in [-0.25, -0.2) is 13.4 Å². The minimum Gasteiger partial charge on any atom is -0.336 e. The predicted octanol–water partition coefficient (Wildman–Crippen LogP) is 3.01. The largest absolute Gasteiger partial charge is 0.336 e. The first kappa shape index (κ1) is 19.8. The van der Waals surface area contributed by atoms with Crippen LogP contribution in [-0.2, 0) is 10.0 Å². The average Bonchev–Trinajstić information content (AvgIpc) is 2.68. The lowest BCUT2D eigenvalue weighted by Gasteiger charge is -2.34. The number of halogens is 1. The third kappa shape index (κ3) is 4.31. The predicted molar refractivity (Wildman–Crippen MR) is 104 cm³/mol. The van der Waals surface area contributed by atoms with E-state index in [1.165, 1.54) is 28.2 Å². The Balaban J connectivity index is 1.66. The zero-order valence-electron chi connectivity index (χ0n) is 15.3. The highest BCUT2D eigenvalue weighted by Crippen LogP contribution is 2.20. The third-order valence-corrected chi connectivity index (χ3v) is 6.79. The summed E-state index contributed by atoms with van der Waals surface area (Å²) < 4.78 is 26.7. The summed E-state index contributed by atoms with van der Waals surface area (Å²) in [5.41, 5.74) is 1.80. The lowest BCUT2D eigenvalue weighted by molar-refractivity contribution is 0.0698. The summed E-state index contributed by atoms with van der Waals surface area (Å²) >= 11 is 5.72. The van der Waals surface area contributed by atoms with Crippen LogP contribution in [0, 0.1) is 0 Å². The van der Waals surface area contributed by atoms with Crippen molar-refractivity contribution >= 4 is 27.5 Å². The maximum atomic E-state index is 12.7. The van der Waals surface area contributed by atoms with E-state index in [-0.39, 0.29) is 29.0 Å². The third-order valence-electron chi connectivity index (χ3n) is 4.69. The molecular formula is C19H22ClN3O3S. The number of benzene rings is 1. The van der Waals surface area contributed by atoms with Crippen LogP contribution in [0.2, 0.25) is 5.15 Å². The Morgan fingerprint density at radius 3 is 2.19 bits per heavy atom. The molecule has 1 aliphatic heterocycles. The zero-order valence-corrected chi connectivity index (χ0v) is 16.9. The van der Waals surface area contributed by atoms with E-state index >= 15 is 0 Å². The van der Waals surface area contributed by atoms with Crippen molar-refractivity contribution in [2.75, 3.05) is 26.2 Å². The summed E-state index contributed by atoms with van der Waals surface area (Å²) in [4.78, 5) is 18.3. The van der Waals surface area contributed by atoms with Crippen LogP contribution in [0.1, 0.15) is 35.7 Å². The van der Waals surface area contributed by atoms with Crippen molar-refractivity contribution in [3.8, 4) is 0 Å². The summed E-state index contributed by atoms with van der Waals surface area (Å²) in [6.07, 6.45) is 1.26. The number of rotatable bonds is 4. The first-order valence-corrected chi connectivity index (χ1v) is 10.6. The van der Waals surface area contributed by atoms with Gasteiger partial charge in [-0.2, -0.15) is 4.31 Å². The van der Waals surface area contributed by atoms with Crippen LogP contribution in [0.4, 0.5) is 0 Å². The van der Waals surface area contributed by atoms with Crippen molar-refractivity contribution in [3.05, 3.63) is 58.9 Å². The minimum atomic E-state index is -3.63. The van der Waals surface area contributed by atoms with E-state index in [4.69, 9.17) is 11.6 Å². The van der Waals surface area contributed by atoms with Crippen molar-refractivity contribution in [1.82, 2.24) is 14.2 Å². The van der Waals surface area contributed by atoms with Gasteiger partial charge in [0.1, 0.15) is 10.0 Å². The summed E-state index contributed by atoms with van der Waals surface area (Å²) in [7, 11) is -3.63. The molecule has 0 N–H and O–H groups in total. The molecule has 1 fully saturated rings. The van der Waals surface area contributed by atoms with E-state index in [1.54, 1.807) is 4.90 Å². The Bertz CT molecular complexity index is 904. The number of carbonyl (C=O) groups excluding carboxylic acids is 1. The number of carbonyl (C=O) groups is 1. The van der Waals surface area contributed by atoms with Crippen molar-refractivity contribution in [2.45, 2.75) is 24.7 Å². The molecule has 1 aliphatic rings. The van der Waals surface area contributed by atoms with Gasteiger partial charge in [-0.1, -0.05) is 37.6 Å². The molecule has 0 unspecified atom stereocenters. The average molecular weight is 408 g/mol. The highest BCUT2D eigenvalue weighted by molar-refractivity contribution is 7.89. The number of aromatic nitrogens is 1. The molecule has 1 saturated heterocycles. The quantitative estimate of drug-likeness (QED) is 0.730. The fourth-order valence-corrected chi connectivity index (χ4v) is 4.47. The van der Waals surface area contributed by atoms with Crippen LogP contribution in [0.25, 0.3) is 0 Å². The number of piperazine rings is 1. The van der Waals surface area contributed by atoms with Crippen LogP contribution in [0.3, 0.4) is 0 Å². The zero-order chi connectivity index (χ0) is 19.6. The lowest BCUT2D eigenvalue weighted by atomic mass is 10.0. The highest BCUT2D eigenvalue weighted by atomic mass is 35.5. The van der Waals surface area contributed by atoms with Crippen molar-refractivity contribution < 1.29 is 13.2 Å². The molecule has 8 heteroatoms. The monoisotopic (exact) mass is 407 g/mol. The molecule has 0 spiro atoms. The van der Waals surface area contributed by atoms with E-state index in [0.717, 1.165) is 0 Å². The molecule has 144 valence electrons. The second-order valence-electron chi connectivity index (χ2n) is 6.79. The molecule has 2 heterocycles. The molecule has 1 aromatic heterocycles. The number of hydrogen-bond donors (Lipinski definition) is 0. The summed E-state index contributed by atoms with van der Waals surface area (Å²) in [5, 5.41) is 0.243. The highest BCUT2D eigenvalue weighted by Gasteiger charge is 2.30. The smallest absolute Gasteiger partial charge is 0.253 e. The molecule has 0 bridgehead atoms. The van der Waals surface area contributed by atoms with Gasteiger partial charge in [-0.05, 0) is 35.7 Å². The molecule has 0 radical (unpaired) electrons. The minimum absolute atomic E-state index is 0.0736. The summed E-state index contributed by atoms with van der Waals surface area (Å²) in [5.74, 6) is 0.334. The molecular weight excluding hydrogens is 386 g/mol. The van der Waals surface area contributed by atoms with Gasteiger partial charge in [-0.3, -0.25) is 4.79 Å². The standard InChI is InChI=1S/C19H22ClN3O3S/c1-14(2)15-3-5-16(6-4-15)19(24)22-9-11-23(12-10-22)27(25,26)17-7-8-18(20)21-13-17/h3-8,13-14H,9-12H2,1-2H3. The number of hydrogen-bond acceptors (Lipinski definition) is 4. The van der Waals surface area contributed by atoms with Crippen LogP contribution < -0.4 is 0 Å². The first-order chi connectivity index (χ1) is 12.8. The number of pyridine rings is 1. The summed E-state index contributed by atoms with van der Waals surface area (Å²) in [6, 6.07) is 10.5. The second-order valence-corrected chi connectivity index (χ2v) is 9.11. The molecule has 2 aromatic rings. The maximum absolute atomic E-state index is 12.7. The Kier molecular flexibility index (Phi) is 5.83. The SMILES string of the molecule is CC(C)c1ccc(C(=O)N2CCN(S(=O)(=O)c3ccc(Cl)nc3)CC2)cc1. The van der Waals surface area contributed by atoms with Crippen molar-refractivity contribution in [2.24, 2.45) is 0 Å². The van der Waals surface area contributed by atoms with E-state index in [2.05, 4.69) is 18.8 Å². The van der Waals surface area contributed by atoms with E-state index < -0.39 is 10.0 Å². The van der Waals surface area contributed by atoms with Gasteiger partial charge in [0.05, 0.1) is 0 Å². The number of nitrogens with zero attached hydrogens (tertiary/aromatic N) is 3. The topological polar surface area (TPSA) is 70.6 Å². The molecule has 0 saturated carbocycles. The van der Waals surface area contributed by atoms with E-state index in [1.807, 2.05) is 24.3 Å². The van der Waals surface area contributed by atoms with Crippen LogP contribution >= 0.6 is 11.6 Å². The fourth-order valence-electron chi connectivity index (χ4n) is 2.99. The fraction of sp³-hybridized carbons (Fsp3) is 0.368. The van der Waals surface area contributed by atoms with Crippen LogP contribution in [0.5, 0.6) is 0 Å². The molecule has 6 nitrogen and oxygen atoms in total. The Labute approximate surface area is 164 Å². The van der Waals surface area contributed by atoms with Crippen molar-refractivity contribution in [3.63, 3.8) is 0 Å². The van der Waals surface area contributed by atoms with Crippen LogP contribution in [-0.4, -0.2) is 54.7 Å². The molecule has 1 amide bonds. The number of sulfonamides is 1. The van der Waals surface area contributed by atoms with Gasteiger partial charge in [0.2, 0.25) is 10.0 Å². The maximum Gasteiger partial charge on any atom is 0.253 e. The van der Waals surface area contributed by atoms with Crippen LogP contribution in [0.15, 0.2) is 47.5 Å². The lowest BCUT2D eigenvalue weighted by Crippen LogP contribution is -2.50. The van der Waals surface area contributed by atoms with Gasteiger partial charge in [0, 0.05) is 37.9 Å². The molecule has 3 rings (SSSR count).